The first-order chi connectivity index (χ1) is 16.0. The second-order valence-electron chi connectivity index (χ2n) is 9.19. The van der Waals surface area contributed by atoms with Crippen molar-refractivity contribution in [2.45, 2.75) is 37.6 Å². The number of carbonyl (C=O) groups is 3. The van der Waals surface area contributed by atoms with Crippen molar-refractivity contribution >= 4 is 18.0 Å². The molecule has 0 radical (unpaired) electrons. The molecule has 1 saturated heterocycles. The molecule has 1 aliphatic heterocycles. The molecule has 1 heterocycles. The SMILES string of the molecule is O=C(NC[C@@H]1C[C@@H]1C(=O)N1CCCC[C@@H]1C(=O)O)OCC1c2ccccc2-c2ccccc21. The van der Waals surface area contributed by atoms with Gasteiger partial charge in [-0.25, -0.2) is 9.59 Å². The number of nitrogens with zero attached hydrogens (tertiary/aromatic N) is 1. The average molecular weight is 449 g/mol. The topological polar surface area (TPSA) is 95.9 Å². The van der Waals surface area contributed by atoms with E-state index in [2.05, 4.69) is 29.6 Å². The molecular weight excluding hydrogens is 420 g/mol. The van der Waals surface area contributed by atoms with Gasteiger partial charge in [-0.15, -0.1) is 0 Å². The molecule has 0 bridgehead atoms. The van der Waals surface area contributed by atoms with Crippen LogP contribution in [0.25, 0.3) is 11.1 Å². The Morgan fingerprint density at radius 2 is 1.67 bits per heavy atom. The molecule has 7 nitrogen and oxygen atoms in total. The van der Waals surface area contributed by atoms with E-state index in [0.717, 1.165) is 24.0 Å². The van der Waals surface area contributed by atoms with Crippen LogP contribution in [-0.2, 0) is 14.3 Å². The second-order valence-corrected chi connectivity index (χ2v) is 9.19. The Morgan fingerprint density at radius 3 is 2.33 bits per heavy atom. The Morgan fingerprint density at radius 1 is 1.00 bits per heavy atom. The molecule has 0 unspecified atom stereocenters. The Bertz CT molecular complexity index is 1040. The number of hydrogen-bond donors (Lipinski definition) is 2. The van der Waals surface area contributed by atoms with Gasteiger partial charge < -0.3 is 20.1 Å². The number of likely N-dealkylation sites (tertiary alicyclic amines) is 1. The molecule has 2 fully saturated rings. The summed E-state index contributed by atoms with van der Waals surface area (Å²) in [5, 5.41) is 12.2. The highest BCUT2D eigenvalue weighted by Gasteiger charge is 2.47. The molecule has 0 spiro atoms. The number of rotatable bonds is 6. The lowest BCUT2D eigenvalue weighted by molar-refractivity contribution is -0.152. The summed E-state index contributed by atoms with van der Waals surface area (Å²) in [6.07, 6.45) is 2.36. The predicted octanol–water partition coefficient (Wildman–Crippen LogP) is 3.63. The number of piperidine rings is 1. The molecule has 33 heavy (non-hydrogen) atoms. The number of amides is 2. The summed E-state index contributed by atoms with van der Waals surface area (Å²) in [6, 6.07) is 15.6. The Balaban J connectivity index is 1.12. The van der Waals surface area contributed by atoms with Gasteiger partial charge in [0.25, 0.3) is 0 Å². The number of nitrogens with one attached hydrogen (secondary N) is 1. The summed E-state index contributed by atoms with van der Waals surface area (Å²) in [5.74, 6) is -1.20. The van der Waals surface area contributed by atoms with Crippen molar-refractivity contribution in [3.63, 3.8) is 0 Å². The molecule has 5 rings (SSSR count). The van der Waals surface area contributed by atoms with Gasteiger partial charge in [-0.05, 0) is 53.9 Å². The normalized spacial score (nSPS) is 23.4. The third kappa shape index (κ3) is 4.19. The van der Waals surface area contributed by atoms with Crippen molar-refractivity contribution in [1.82, 2.24) is 10.2 Å². The van der Waals surface area contributed by atoms with Crippen LogP contribution >= 0.6 is 0 Å². The minimum Gasteiger partial charge on any atom is -0.480 e. The summed E-state index contributed by atoms with van der Waals surface area (Å²) in [5.41, 5.74) is 4.68. The highest BCUT2D eigenvalue weighted by atomic mass is 16.5. The smallest absolute Gasteiger partial charge is 0.407 e. The van der Waals surface area contributed by atoms with Gasteiger partial charge in [-0.3, -0.25) is 4.79 Å². The van der Waals surface area contributed by atoms with Gasteiger partial charge >= 0.3 is 12.1 Å². The van der Waals surface area contributed by atoms with Crippen LogP contribution in [0.15, 0.2) is 48.5 Å². The van der Waals surface area contributed by atoms with Crippen molar-refractivity contribution in [2.24, 2.45) is 11.8 Å². The summed E-state index contributed by atoms with van der Waals surface area (Å²) < 4.78 is 5.56. The van der Waals surface area contributed by atoms with Crippen LogP contribution < -0.4 is 5.32 Å². The van der Waals surface area contributed by atoms with Crippen LogP contribution in [0.5, 0.6) is 0 Å². The number of fused-ring (bicyclic) bond motifs is 3. The zero-order chi connectivity index (χ0) is 22.9. The maximum absolute atomic E-state index is 12.8. The van der Waals surface area contributed by atoms with E-state index in [0.29, 0.717) is 25.9 Å². The number of carboxylic acids is 1. The number of hydrogen-bond acceptors (Lipinski definition) is 4. The lowest BCUT2D eigenvalue weighted by atomic mass is 9.98. The highest BCUT2D eigenvalue weighted by molar-refractivity contribution is 5.87. The number of alkyl carbamates (subject to hydrolysis) is 1. The summed E-state index contributed by atoms with van der Waals surface area (Å²) in [6.45, 7) is 1.11. The summed E-state index contributed by atoms with van der Waals surface area (Å²) >= 11 is 0. The van der Waals surface area contributed by atoms with Crippen molar-refractivity contribution in [3.8, 4) is 11.1 Å². The Kier molecular flexibility index (Phi) is 5.79. The van der Waals surface area contributed by atoms with Gasteiger partial charge in [-0.2, -0.15) is 0 Å². The third-order valence-corrected chi connectivity index (χ3v) is 7.16. The first-order valence-electron chi connectivity index (χ1n) is 11.7. The van der Waals surface area contributed by atoms with E-state index in [1.165, 1.54) is 16.0 Å². The summed E-state index contributed by atoms with van der Waals surface area (Å²) in [7, 11) is 0. The lowest BCUT2D eigenvalue weighted by Crippen LogP contribution is -2.48. The minimum atomic E-state index is -0.933. The van der Waals surface area contributed by atoms with E-state index < -0.39 is 18.1 Å². The van der Waals surface area contributed by atoms with Gasteiger partial charge in [0.15, 0.2) is 0 Å². The van der Waals surface area contributed by atoms with Crippen molar-refractivity contribution in [3.05, 3.63) is 59.7 Å². The fourth-order valence-electron chi connectivity index (χ4n) is 5.30. The average Bonchev–Trinajstić information content (AvgIpc) is 3.55. The van der Waals surface area contributed by atoms with E-state index in [4.69, 9.17) is 4.74 Å². The first kappa shape index (κ1) is 21.5. The van der Waals surface area contributed by atoms with E-state index in [-0.39, 0.29) is 30.3 Å². The largest absolute Gasteiger partial charge is 0.480 e. The third-order valence-electron chi connectivity index (χ3n) is 7.16. The van der Waals surface area contributed by atoms with Crippen LogP contribution in [-0.4, -0.2) is 53.7 Å². The molecule has 7 heteroatoms. The molecule has 2 amide bonds. The van der Waals surface area contributed by atoms with Gasteiger partial charge in [0.1, 0.15) is 12.6 Å². The maximum Gasteiger partial charge on any atom is 0.407 e. The van der Waals surface area contributed by atoms with Crippen molar-refractivity contribution in [2.75, 3.05) is 19.7 Å². The van der Waals surface area contributed by atoms with Crippen LogP contribution in [0.1, 0.15) is 42.7 Å². The number of ether oxygens (including phenoxy) is 1. The van der Waals surface area contributed by atoms with E-state index >= 15 is 0 Å². The standard InChI is InChI=1S/C26H28N2O5/c29-24(28-12-6-5-11-23(28)25(30)31)21-13-16(21)14-27-26(32)33-15-22-19-9-3-1-7-17(19)18-8-2-4-10-20(18)22/h1-4,7-10,16,21-23H,5-6,11-15H2,(H,27,32)(H,30,31)/t16-,21-,23+/m0/s1. The Hall–Kier alpha value is -3.35. The zero-order valence-corrected chi connectivity index (χ0v) is 18.4. The van der Waals surface area contributed by atoms with Crippen LogP contribution in [0.3, 0.4) is 0 Å². The molecule has 0 aromatic heterocycles. The number of carbonyl (C=O) groups excluding carboxylic acids is 2. The first-order valence-corrected chi connectivity index (χ1v) is 11.7. The van der Waals surface area contributed by atoms with Crippen LogP contribution in [0, 0.1) is 11.8 Å². The lowest BCUT2D eigenvalue weighted by Gasteiger charge is -2.33. The molecule has 1 saturated carbocycles. The number of aliphatic carboxylic acids is 1. The fourth-order valence-corrected chi connectivity index (χ4v) is 5.30. The number of carboxylic acid groups (broad SMARTS) is 1. The fraction of sp³-hybridized carbons (Fsp3) is 0.423. The molecule has 2 N–H and O–H groups in total. The molecule has 2 aromatic rings. The minimum absolute atomic E-state index is 0.00505. The molecule has 3 aliphatic rings. The van der Waals surface area contributed by atoms with Gasteiger partial charge in [0.2, 0.25) is 5.91 Å². The zero-order valence-electron chi connectivity index (χ0n) is 18.4. The van der Waals surface area contributed by atoms with Gasteiger partial charge in [0, 0.05) is 24.9 Å². The molecule has 3 atom stereocenters. The van der Waals surface area contributed by atoms with E-state index in [1.807, 2.05) is 24.3 Å². The predicted molar refractivity (Wildman–Crippen MR) is 122 cm³/mol. The van der Waals surface area contributed by atoms with Gasteiger partial charge in [-0.1, -0.05) is 48.5 Å². The highest BCUT2D eigenvalue weighted by Crippen LogP contribution is 2.44. The van der Waals surface area contributed by atoms with Crippen molar-refractivity contribution in [1.29, 1.82) is 0 Å². The van der Waals surface area contributed by atoms with Crippen LogP contribution in [0.4, 0.5) is 4.79 Å². The van der Waals surface area contributed by atoms with Crippen molar-refractivity contribution < 1.29 is 24.2 Å². The maximum atomic E-state index is 12.8. The molecule has 2 aromatic carbocycles. The quantitative estimate of drug-likeness (QED) is 0.704. The molecular formula is C26H28N2O5. The van der Waals surface area contributed by atoms with Crippen LogP contribution in [0.2, 0.25) is 0 Å². The monoisotopic (exact) mass is 448 g/mol. The van der Waals surface area contributed by atoms with Gasteiger partial charge in [0.05, 0.1) is 0 Å². The number of benzene rings is 2. The van der Waals surface area contributed by atoms with E-state index in [1.54, 1.807) is 0 Å². The summed E-state index contributed by atoms with van der Waals surface area (Å²) in [4.78, 5) is 38.1. The second kappa shape index (κ2) is 8.89. The van der Waals surface area contributed by atoms with E-state index in [9.17, 15) is 19.5 Å². The Labute approximate surface area is 192 Å². The molecule has 172 valence electrons. The molecule has 2 aliphatic carbocycles.